The number of fused-ring (bicyclic) bond motifs is 3. The lowest BCUT2D eigenvalue weighted by molar-refractivity contribution is 0.150. The van der Waals surface area contributed by atoms with E-state index in [0.29, 0.717) is 16.7 Å². The first-order chi connectivity index (χ1) is 8.37. The lowest BCUT2D eigenvalue weighted by Crippen LogP contribution is -2.29. The molecule has 0 aromatic carbocycles. The summed E-state index contributed by atoms with van der Waals surface area (Å²) in [5.74, 6) is 2.10. The van der Waals surface area contributed by atoms with Crippen LogP contribution in [0.2, 0.25) is 0 Å². The van der Waals surface area contributed by atoms with Gasteiger partial charge in [-0.1, -0.05) is 34.6 Å². The summed E-state index contributed by atoms with van der Waals surface area (Å²) in [6.45, 7) is 12.2. The van der Waals surface area contributed by atoms with Gasteiger partial charge in [-0.15, -0.1) is 0 Å². The predicted molar refractivity (Wildman–Crippen MR) is 73.3 cm³/mol. The fourth-order valence-electron chi connectivity index (χ4n) is 4.73. The lowest BCUT2D eigenvalue weighted by Gasteiger charge is -2.37. The first-order valence-corrected chi connectivity index (χ1v) is 7.15. The largest absolute Gasteiger partial charge is 0.245 e. The van der Waals surface area contributed by atoms with E-state index < -0.39 is 0 Å². The highest BCUT2D eigenvalue weighted by Gasteiger charge is 2.59. The highest BCUT2D eigenvalue weighted by atomic mass is 14.9. The molecule has 0 N–H and O–H groups in total. The van der Waals surface area contributed by atoms with Gasteiger partial charge in [0.2, 0.25) is 0 Å². The van der Waals surface area contributed by atoms with E-state index in [1.807, 2.05) is 6.20 Å². The van der Waals surface area contributed by atoms with Crippen LogP contribution in [0.1, 0.15) is 58.2 Å². The van der Waals surface area contributed by atoms with E-state index in [9.17, 15) is 0 Å². The van der Waals surface area contributed by atoms with Crippen molar-refractivity contribution in [2.75, 3.05) is 0 Å². The molecule has 0 amide bonds. The lowest BCUT2D eigenvalue weighted by atomic mass is 9.68. The predicted octanol–water partition coefficient (Wildman–Crippen LogP) is 3.82. The molecule has 3 atom stereocenters. The van der Waals surface area contributed by atoms with Crippen LogP contribution < -0.4 is 0 Å². The molecule has 1 aromatic heterocycles. The molecule has 0 radical (unpaired) electrons. The Labute approximate surface area is 110 Å². The summed E-state index contributed by atoms with van der Waals surface area (Å²) < 4.78 is 0. The number of hydrogen-bond acceptors (Lipinski definition) is 2. The number of aromatic nitrogens is 2. The molecular weight excluding hydrogens is 220 g/mol. The summed E-state index contributed by atoms with van der Waals surface area (Å²) in [7, 11) is 0. The molecule has 1 unspecified atom stereocenters. The molecule has 98 valence electrons. The molecule has 1 heterocycles. The maximum atomic E-state index is 4.65. The van der Waals surface area contributed by atoms with Crippen molar-refractivity contribution in [3.8, 4) is 0 Å². The van der Waals surface area contributed by atoms with Gasteiger partial charge >= 0.3 is 0 Å². The maximum absolute atomic E-state index is 4.65. The number of hydrogen-bond donors (Lipinski definition) is 0. The zero-order valence-corrected chi connectivity index (χ0v) is 12.2. The molecule has 3 rings (SSSR count). The SMILES string of the molecule is CC1C(C)(C)[C@@H]2CCc3cncnc3[C@@H]2C1(C)C. The van der Waals surface area contributed by atoms with Crippen molar-refractivity contribution in [3.63, 3.8) is 0 Å². The van der Waals surface area contributed by atoms with E-state index >= 15 is 0 Å². The molecule has 1 saturated carbocycles. The van der Waals surface area contributed by atoms with Crippen molar-refractivity contribution < 1.29 is 0 Å². The molecular formula is C16H24N2. The molecule has 2 nitrogen and oxygen atoms in total. The van der Waals surface area contributed by atoms with Gasteiger partial charge in [0.1, 0.15) is 6.33 Å². The molecule has 1 aromatic rings. The second kappa shape index (κ2) is 3.55. The second-order valence-electron chi connectivity index (χ2n) is 7.42. The van der Waals surface area contributed by atoms with Crippen LogP contribution in [0.4, 0.5) is 0 Å². The maximum Gasteiger partial charge on any atom is 0.115 e. The monoisotopic (exact) mass is 244 g/mol. The highest BCUT2D eigenvalue weighted by Crippen LogP contribution is 2.66. The Morgan fingerprint density at radius 1 is 1.17 bits per heavy atom. The summed E-state index contributed by atoms with van der Waals surface area (Å²) in [4.78, 5) is 8.85. The minimum atomic E-state index is 0.331. The van der Waals surface area contributed by atoms with Crippen LogP contribution in [-0.4, -0.2) is 9.97 Å². The van der Waals surface area contributed by atoms with E-state index in [0.717, 1.165) is 18.3 Å². The molecule has 2 aliphatic rings. The molecule has 1 fully saturated rings. The molecule has 0 aliphatic heterocycles. The minimum absolute atomic E-state index is 0.331. The van der Waals surface area contributed by atoms with Crippen LogP contribution in [0.3, 0.4) is 0 Å². The summed E-state index contributed by atoms with van der Waals surface area (Å²) in [5, 5.41) is 0. The Balaban J connectivity index is 2.16. The van der Waals surface area contributed by atoms with Gasteiger partial charge in [-0.3, -0.25) is 0 Å². The van der Waals surface area contributed by atoms with Crippen molar-refractivity contribution in [1.82, 2.24) is 9.97 Å². The number of nitrogens with zero attached hydrogens (tertiary/aromatic N) is 2. The average Bonchev–Trinajstić information content (AvgIpc) is 2.48. The minimum Gasteiger partial charge on any atom is -0.245 e. The van der Waals surface area contributed by atoms with E-state index in [4.69, 9.17) is 0 Å². The zero-order chi connectivity index (χ0) is 13.1. The standard InChI is InChI=1S/C16H24N2/c1-10-15(2,3)12-7-6-11-8-17-9-18-14(11)13(12)16(10,4)5/h8-10,12-13H,6-7H2,1-5H3/t10?,12-,13-/m1/s1. The topological polar surface area (TPSA) is 25.8 Å². The number of aryl methyl sites for hydroxylation is 1. The molecule has 0 bridgehead atoms. The fraction of sp³-hybridized carbons (Fsp3) is 0.750. The van der Waals surface area contributed by atoms with Gasteiger partial charge in [-0.05, 0) is 41.1 Å². The summed E-state index contributed by atoms with van der Waals surface area (Å²) >= 11 is 0. The van der Waals surface area contributed by atoms with Crippen LogP contribution in [0, 0.1) is 22.7 Å². The van der Waals surface area contributed by atoms with E-state index in [-0.39, 0.29) is 0 Å². The van der Waals surface area contributed by atoms with Crippen molar-refractivity contribution in [3.05, 3.63) is 23.8 Å². The van der Waals surface area contributed by atoms with Crippen LogP contribution in [0.5, 0.6) is 0 Å². The van der Waals surface area contributed by atoms with Crippen molar-refractivity contribution in [2.24, 2.45) is 22.7 Å². The Bertz CT molecular complexity index is 476. The first-order valence-electron chi connectivity index (χ1n) is 7.15. The normalized spacial score (nSPS) is 35.9. The van der Waals surface area contributed by atoms with E-state index in [2.05, 4.69) is 44.6 Å². The first kappa shape index (κ1) is 12.1. The summed E-state index contributed by atoms with van der Waals surface area (Å²) in [6.07, 6.45) is 6.22. The Hall–Kier alpha value is -0.920. The summed E-state index contributed by atoms with van der Waals surface area (Å²) in [6, 6.07) is 0. The smallest absolute Gasteiger partial charge is 0.115 e. The molecule has 0 spiro atoms. The van der Waals surface area contributed by atoms with Crippen LogP contribution in [-0.2, 0) is 6.42 Å². The van der Waals surface area contributed by atoms with Gasteiger partial charge in [-0.25, -0.2) is 9.97 Å². The second-order valence-corrected chi connectivity index (χ2v) is 7.42. The third-order valence-corrected chi connectivity index (χ3v) is 6.23. The van der Waals surface area contributed by atoms with Crippen molar-refractivity contribution in [1.29, 1.82) is 0 Å². The van der Waals surface area contributed by atoms with Gasteiger partial charge in [0.25, 0.3) is 0 Å². The molecule has 18 heavy (non-hydrogen) atoms. The van der Waals surface area contributed by atoms with Crippen molar-refractivity contribution in [2.45, 2.75) is 53.4 Å². The molecule has 2 aliphatic carbocycles. The number of rotatable bonds is 0. The van der Waals surface area contributed by atoms with Gasteiger partial charge in [0.05, 0.1) is 5.69 Å². The van der Waals surface area contributed by atoms with Gasteiger partial charge in [0, 0.05) is 12.1 Å². The van der Waals surface area contributed by atoms with E-state index in [1.54, 1.807) is 6.33 Å². The van der Waals surface area contributed by atoms with Gasteiger partial charge < -0.3 is 0 Å². The third kappa shape index (κ3) is 1.35. The Morgan fingerprint density at radius 2 is 1.89 bits per heavy atom. The van der Waals surface area contributed by atoms with Gasteiger partial charge in [-0.2, -0.15) is 0 Å². The van der Waals surface area contributed by atoms with Crippen molar-refractivity contribution >= 4 is 0 Å². The van der Waals surface area contributed by atoms with Gasteiger partial charge in [0.15, 0.2) is 0 Å². The summed E-state index contributed by atoms with van der Waals surface area (Å²) in [5.41, 5.74) is 3.47. The third-order valence-electron chi connectivity index (χ3n) is 6.23. The molecule has 0 saturated heterocycles. The van der Waals surface area contributed by atoms with Crippen LogP contribution in [0.25, 0.3) is 0 Å². The Kier molecular flexibility index (Phi) is 2.39. The fourth-order valence-corrected chi connectivity index (χ4v) is 4.73. The van der Waals surface area contributed by atoms with Crippen LogP contribution in [0.15, 0.2) is 12.5 Å². The quantitative estimate of drug-likeness (QED) is 0.693. The highest BCUT2D eigenvalue weighted by molar-refractivity contribution is 5.30. The molecule has 2 heteroatoms. The van der Waals surface area contributed by atoms with Crippen LogP contribution >= 0.6 is 0 Å². The van der Waals surface area contributed by atoms with E-state index in [1.165, 1.54) is 17.7 Å². The Morgan fingerprint density at radius 3 is 2.61 bits per heavy atom. The zero-order valence-electron chi connectivity index (χ0n) is 12.2. The average molecular weight is 244 g/mol.